The van der Waals surface area contributed by atoms with Gasteiger partial charge in [-0.15, -0.1) is 50.9 Å². The second-order valence-electron chi connectivity index (χ2n) is 18.4. The first-order chi connectivity index (χ1) is 27.4. The van der Waals surface area contributed by atoms with Crippen molar-refractivity contribution >= 4 is 27.0 Å². The van der Waals surface area contributed by atoms with E-state index in [2.05, 4.69) is 174 Å². The van der Waals surface area contributed by atoms with Crippen LogP contribution in [-0.2, 0) is 48.0 Å². The molecule has 0 bridgehead atoms. The number of rotatable bonds is 5. The molecule has 0 radical (unpaired) electrons. The molecule has 0 saturated carbocycles. The molecule has 7 aromatic rings. The van der Waals surface area contributed by atoms with Crippen molar-refractivity contribution in [1.29, 1.82) is 0 Å². The van der Waals surface area contributed by atoms with Gasteiger partial charge in [-0.3, -0.25) is 0 Å². The van der Waals surface area contributed by atoms with Crippen LogP contribution in [0.2, 0.25) is 13.1 Å². The molecule has 60 heavy (non-hydrogen) atoms. The van der Waals surface area contributed by atoms with E-state index in [0.717, 1.165) is 12.2 Å². The molecule has 0 heterocycles. The molecule has 0 aromatic heterocycles. The monoisotopic (exact) mass is 928 g/mol. The van der Waals surface area contributed by atoms with Crippen LogP contribution in [0.25, 0.3) is 54.9 Å². The number of ether oxygens (including phenoxy) is 1. The molecular formula is C55H64Cl2OSiZr-2. The molecule has 0 fully saturated rings. The van der Waals surface area contributed by atoms with Crippen molar-refractivity contribution in [1.82, 2.24) is 0 Å². The normalized spacial score (nSPS) is 11.9. The quantitative estimate of drug-likeness (QED) is 0.124. The Hall–Kier alpha value is -3.20. The number of halogens is 2. The van der Waals surface area contributed by atoms with E-state index in [4.69, 9.17) is 4.74 Å². The third-order valence-electron chi connectivity index (χ3n) is 11.4. The van der Waals surface area contributed by atoms with Crippen LogP contribution in [0.3, 0.4) is 0 Å². The Bertz CT molecular complexity index is 2510. The molecule has 5 heteroatoms. The Kier molecular flexibility index (Phi) is 16.8. The summed E-state index contributed by atoms with van der Waals surface area (Å²) < 4.78 is 5.99. The molecule has 1 nitrogen and oxygen atoms in total. The maximum Gasteiger partial charge on any atom is -0.0271 e. The summed E-state index contributed by atoms with van der Waals surface area (Å²) in [6.45, 7) is 29.0. The van der Waals surface area contributed by atoms with Crippen molar-refractivity contribution in [2.75, 3.05) is 7.11 Å². The summed E-state index contributed by atoms with van der Waals surface area (Å²) in [5.74, 6) is 1.01. The minimum Gasteiger partial charge on any atom is -1.00 e. The van der Waals surface area contributed by atoms with Gasteiger partial charge in [0, 0.05) is 0 Å². The van der Waals surface area contributed by atoms with Gasteiger partial charge in [0.25, 0.3) is 0 Å². The fourth-order valence-corrected chi connectivity index (χ4v) is 9.36. The van der Waals surface area contributed by atoms with Crippen molar-refractivity contribution in [2.24, 2.45) is 0 Å². The summed E-state index contributed by atoms with van der Waals surface area (Å²) in [6, 6.07) is 32.6. The number of aryl methyl sites for hydroxylation is 8. The second kappa shape index (κ2) is 20.3. The van der Waals surface area contributed by atoms with E-state index in [1.165, 1.54) is 124 Å². The largest absolute Gasteiger partial charge is 1.00 e. The molecule has 7 aromatic carbocycles. The predicted molar refractivity (Wildman–Crippen MR) is 253 cm³/mol. The van der Waals surface area contributed by atoms with Gasteiger partial charge >= 0.3 is 41.9 Å². The van der Waals surface area contributed by atoms with E-state index in [-0.39, 0.29) is 35.7 Å². The number of methoxy groups -OCH3 is 1. The third kappa shape index (κ3) is 10.9. The molecule has 0 amide bonds. The fraction of sp³-hybridized carbons (Fsp3) is 0.345. The van der Waals surface area contributed by atoms with Gasteiger partial charge in [0.2, 0.25) is 0 Å². The van der Waals surface area contributed by atoms with Crippen LogP contribution in [0.15, 0.2) is 84.9 Å². The first-order valence-electron chi connectivity index (χ1n) is 21.2. The van der Waals surface area contributed by atoms with Crippen molar-refractivity contribution in [2.45, 2.75) is 120 Å². The molecule has 0 unspecified atom stereocenters. The Morgan fingerprint density at radius 3 is 1.47 bits per heavy atom. The average Bonchev–Trinajstić information content (AvgIpc) is 3.86. The maximum atomic E-state index is 5.99. The molecule has 8 rings (SSSR count). The van der Waals surface area contributed by atoms with Gasteiger partial charge in [0.1, 0.15) is 5.75 Å². The second-order valence-corrected chi connectivity index (χ2v) is 27.7. The van der Waals surface area contributed by atoms with Crippen LogP contribution in [-0.4, -0.2) is 12.5 Å². The van der Waals surface area contributed by atoms with Gasteiger partial charge in [-0.2, -0.15) is 12.1 Å². The molecule has 0 atom stereocenters. The van der Waals surface area contributed by atoms with Crippen LogP contribution in [0.5, 0.6) is 5.75 Å². The van der Waals surface area contributed by atoms with E-state index >= 15 is 0 Å². The number of hydrogen-bond acceptors (Lipinski definition) is 1. The summed E-state index contributed by atoms with van der Waals surface area (Å²) >= 11 is 1.74. The van der Waals surface area contributed by atoms with E-state index in [1.54, 1.807) is 41.6 Å². The zero-order chi connectivity index (χ0) is 42.2. The van der Waals surface area contributed by atoms with Gasteiger partial charge < -0.3 is 29.6 Å². The van der Waals surface area contributed by atoms with Gasteiger partial charge in [-0.25, -0.2) is 0 Å². The molecule has 0 aliphatic heterocycles. The first-order valence-corrected chi connectivity index (χ1v) is 27.4. The molecule has 1 aliphatic rings. The standard InChI is InChI=1S/C29H29.C24H29O.C2H6Si.2ClH.Zr/c1-17-9-18(2)12-22(11-17)28-24-7-6-8-25(24)29(27-16-21(5)15-26(27)28)23-13-19(3)10-20(4)14-23;1-8-17-12-18-14-21(24(4,5)6)23(25-7)22(20(18)13-17)19-10-15(2)9-16(3)11-19;1-3-2;;;/h9-16H,6-8H2,1-5H3;9-14H,8H2,1-7H3;1-2H3;2*1H;/q2*-1;;;;+2/p-2. The molecule has 0 spiro atoms. The van der Waals surface area contributed by atoms with Crippen LogP contribution < -0.4 is 29.6 Å². The zero-order valence-corrected chi connectivity index (χ0v) is 43.5. The summed E-state index contributed by atoms with van der Waals surface area (Å²) in [6.07, 6.45) is 4.69. The SMILES string of the molecule is CCc1cc2c(-c3cc(C)cc(C)c3)c(OC)c(C(C)(C)C)cc2[cH-]1.C[Si](C)=[Zr+2].Cc1cc(C)cc(-c2c3c(c(-c4cc(C)cc(C)c4)c4[cH-]c(C)cc24)CCC3)c1.[Cl-].[Cl-]. The van der Waals surface area contributed by atoms with E-state index in [9.17, 15) is 0 Å². The topological polar surface area (TPSA) is 9.23 Å². The van der Waals surface area contributed by atoms with E-state index < -0.39 is 0 Å². The summed E-state index contributed by atoms with van der Waals surface area (Å²) in [4.78, 5) is 0. The number of fused-ring (bicyclic) bond motifs is 3. The Morgan fingerprint density at radius 1 is 0.600 bits per heavy atom. The van der Waals surface area contributed by atoms with Gasteiger partial charge in [0.15, 0.2) is 0 Å². The molecular weight excluding hydrogens is 867 g/mol. The molecule has 314 valence electrons. The molecule has 0 N–H and O–H groups in total. The Labute approximate surface area is 389 Å². The Balaban J connectivity index is 0.000000238. The summed E-state index contributed by atoms with van der Waals surface area (Å²) in [5.41, 5.74) is 23.6. The van der Waals surface area contributed by atoms with Gasteiger partial charge in [-0.05, 0) is 94.9 Å². The van der Waals surface area contributed by atoms with Crippen LogP contribution in [0.4, 0.5) is 0 Å². The minimum atomic E-state index is 0. The van der Waals surface area contributed by atoms with Crippen LogP contribution in [0, 0.1) is 48.5 Å². The van der Waals surface area contributed by atoms with E-state index in [1.807, 2.05) is 0 Å². The molecule has 1 aliphatic carbocycles. The Morgan fingerprint density at radius 2 is 1.03 bits per heavy atom. The smallest absolute Gasteiger partial charge is 0.0271 e. The average molecular weight is 931 g/mol. The summed E-state index contributed by atoms with van der Waals surface area (Å²) in [5, 5.41) is 5.48. The maximum absolute atomic E-state index is 5.99. The minimum absolute atomic E-state index is 0. The van der Waals surface area contributed by atoms with Crippen molar-refractivity contribution in [3.8, 4) is 39.1 Å². The van der Waals surface area contributed by atoms with Crippen molar-refractivity contribution in [3.63, 3.8) is 0 Å². The number of benzene rings is 5. The van der Waals surface area contributed by atoms with E-state index in [0.29, 0.717) is 0 Å². The number of hydrogen-bond donors (Lipinski definition) is 0. The zero-order valence-electron chi connectivity index (χ0n) is 38.6. The van der Waals surface area contributed by atoms with Gasteiger partial charge in [0.05, 0.1) is 7.11 Å². The summed E-state index contributed by atoms with van der Waals surface area (Å²) in [7, 11) is 1.80. The van der Waals surface area contributed by atoms with Crippen molar-refractivity contribution < 1.29 is 52.9 Å². The first kappa shape index (κ1) is 49.5. The third-order valence-corrected chi connectivity index (χ3v) is 11.4. The van der Waals surface area contributed by atoms with Crippen LogP contribution in [0.1, 0.15) is 95.3 Å². The van der Waals surface area contributed by atoms with Gasteiger partial charge in [-0.1, -0.05) is 150 Å². The van der Waals surface area contributed by atoms with Crippen molar-refractivity contribution in [3.05, 3.63) is 146 Å². The predicted octanol–water partition coefficient (Wildman–Crippen LogP) is 9.43. The molecule has 0 saturated heterocycles. The fourth-order valence-electron chi connectivity index (χ4n) is 9.36. The van der Waals surface area contributed by atoms with Crippen LogP contribution >= 0.6 is 0 Å².